The van der Waals surface area contributed by atoms with E-state index in [-0.39, 0.29) is 6.42 Å². The molecule has 0 spiro atoms. The zero-order valence-electron chi connectivity index (χ0n) is 12.6. The monoisotopic (exact) mass is 280 g/mol. The largest absolute Gasteiger partial charge is 0.481 e. The molecule has 0 aliphatic carbocycles. The van der Waals surface area contributed by atoms with E-state index >= 15 is 0 Å². The third kappa shape index (κ3) is 7.56. The van der Waals surface area contributed by atoms with Crippen molar-refractivity contribution in [2.24, 2.45) is 5.92 Å². The first-order valence-corrected chi connectivity index (χ1v) is 6.81. The molecule has 0 aliphatic rings. The number of hydrogen-bond donors (Lipinski definition) is 2. The Bertz CT molecular complexity index is 421. The number of carboxylic acids is 2. The summed E-state index contributed by atoms with van der Waals surface area (Å²) in [7, 11) is 0. The highest BCUT2D eigenvalue weighted by atomic mass is 16.4. The topological polar surface area (TPSA) is 74.6 Å². The van der Waals surface area contributed by atoms with Gasteiger partial charge in [-0.05, 0) is 30.4 Å². The standard InChI is InChI=1S/C13H18O2.C3H6O2/c1-9(2)8-11-4-6-12(7-5-11)10(3)13(14)15;1-2-3(4)5/h4-7,9-10H,8H2,1-3H3,(H,14,15);2H2,1H3,(H,4,5). The molecule has 1 atom stereocenters. The molecule has 2 N–H and O–H groups in total. The fourth-order valence-corrected chi connectivity index (χ4v) is 1.56. The molecule has 4 heteroatoms. The zero-order chi connectivity index (χ0) is 15.7. The molecule has 0 saturated heterocycles. The normalized spacial score (nSPS) is 11.4. The molecule has 1 aromatic rings. The van der Waals surface area contributed by atoms with Gasteiger partial charge in [0.15, 0.2) is 0 Å². The van der Waals surface area contributed by atoms with E-state index in [0.717, 1.165) is 12.0 Å². The lowest BCUT2D eigenvalue weighted by atomic mass is 9.97. The second kappa shape index (κ2) is 9.13. The maximum Gasteiger partial charge on any atom is 0.310 e. The molecule has 0 fully saturated rings. The smallest absolute Gasteiger partial charge is 0.310 e. The van der Waals surface area contributed by atoms with Crippen LogP contribution in [0.5, 0.6) is 0 Å². The van der Waals surface area contributed by atoms with Crippen molar-refractivity contribution in [1.29, 1.82) is 0 Å². The molecule has 0 radical (unpaired) electrons. The number of carbonyl (C=O) groups is 2. The third-order valence-corrected chi connectivity index (χ3v) is 2.80. The number of benzene rings is 1. The van der Waals surface area contributed by atoms with Gasteiger partial charge in [-0.2, -0.15) is 0 Å². The first-order valence-electron chi connectivity index (χ1n) is 6.81. The molecular formula is C16H24O4. The average molecular weight is 280 g/mol. The van der Waals surface area contributed by atoms with E-state index in [4.69, 9.17) is 10.2 Å². The molecule has 0 saturated carbocycles. The van der Waals surface area contributed by atoms with E-state index in [1.54, 1.807) is 13.8 Å². The van der Waals surface area contributed by atoms with Crippen LogP contribution >= 0.6 is 0 Å². The summed E-state index contributed by atoms with van der Waals surface area (Å²) in [5, 5.41) is 16.6. The molecule has 4 nitrogen and oxygen atoms in total. The Morgan fingerprint density at radius 3 is 1.80 bits per heavy atom. The van der Waals surface area contributed by atoms with Gasteiger partial charge in [-0.3, -0.25) is 9.59 Å². The van der Waals surface area contributed by atoms with Crippen LogP contribution in [0.4, 0.5) is 0 Å². The lowest BCUT2D eigenvalue weighted by Gasteiger charge is -2.09. The summed E-state index contributed by atoms with van der Waals surface area (Å²) in [4.78, 5) is 20.1. The summed E-state index contributed by atoms with van der Waals surface area (Å²) < 4.78 is 0. The van der Waals surface area contributed by atoms with Gasteiger partial charge in [0.2, 0.25) is 0 Å². The molecule has 0 aliphatic heterocycles. The van der Waals surface area contributed by atoms with E-state index < -0.39 is 17.9 Å². The van der Waals surface area contributed by atoms with E-state index in [1.807, 2.05) is 24.3 Å². The van der Waals surface area contributed by atoms with E-state index in [2.05, 4.69) is 13.8 Å². The number of rotatable bonds is 5. The quantitative estimate of drug-likeness (QED) is 0.864. The van der Waals surface area contributed by atoms with Crippen molar-refractivity contribution in [3.63, 3.8) is 0 Å². The molecule has 112 valence electrons. The average Bonchev–Trinajstić information content (AvgIpc) is 2.38. The molecule has 20 heavy (non-hydrogen) atoms. The van der Waals surface area contributed by atoms with Gasteiger partial charge in [0.25, 0.3) is 0 Å². The van der Waals surface area contributed by atoms with Crippen LogP contribution in [0.25, 0.3) is 0 Å². The zero-order valence-corrected chi connectivity index (χ0v) is 12.6. The molecule has 1 aromatic carbocycles. The van der Waals surface area contributed by atoms with Crippen LogP contribution in [0.3, 0.4) is 0 Å². The summed E-state index contributed by atoms with van der Waals surface area (Å²) >= 11 is 0. The van der Waals surface area contributed by atoms with Gasteiger partial charge in [-0.1, -0.05) is 45.0 Å². The third-order valence-electron chi connectivity index (χ3n) is 2.80. The second-order valence-electron chi connectivity index (χ2n) is 5.15. The molecule has 0 aromatic heterocycles. The van der Waals surface area contributed by atoms with Gasteiger partial charge in [0.1, 0.15) is 0 Å². The summed E-state index contributed by atoms with van der Waals surface area (Å²) in [6, 6.07) is 7.87. The summed E-state index contributed by atoms with van der Waals surface area (Å²) in [5.74, 6) is -1.30. The van der Waals surface area contributed by atoms with Gasteiger partial charge in [0, 0.05) is 6.42 Å². The Labute approximate surface area is 120 Å². The minimum absolute atomic E-state index is 0.222. The fourth-order valence-electron chi connectivity index (χ4n) is 1.56. The van der Waals surface area contributed by atoms with Gasteiger partial charge in [-0.15, -0.1) is 0 Å². The predicted molar refractivity (Wildman–Crippen MR) is 79.0 cm³/mol. The lowest BCUT2D eigenvalue weighted by molar-refractivity contribution is -0.138. The molecular weight excluding hydrogens is 256 g/mol. The van der Waals surface area contributed by atoms with Crippen LogP contribution in [0.2, 0.25) is 0 Å². The highest BCUT2D eigenvalue weighted by Gasteiger charge is 2.12. The van der Waals surface area contributed by atoms with E-state index in [0.29, 0.717) is 5.92 Å². The minimum Gasteiger partial charge on any atom is -0.481 e. The fraction of sp³-hybridized carbons (Fsp3) is 0.500. The number of aliphatic carboxylic acids is 2. The predicted octanol–water partition coefficient (Wildman–Crippen LogP) is 3.55. The van der Waals surface area contributed by atoms with Crippen LogP contribution in [-0.2, 0) is 16.0 Å². The Kier molecular flexibility index (Phi) is 8.29. The molecule has 1 unspecified atom stereocenters. The van der Waals surface area contributed by atoms with Crippen LogP contribution in [-0.4, -0.2) is 22.2 Å². The van der Waals surface area contributed by atoms with Crippen LogP contribution < -0.4 is 0 Å². The first kappa shape index (κ1) is 18.2. The van der Waals surface area contributed by atoms with Crippen molar-refractivity contribution in [2.75, 3.05) is 0 Å². The minimum atomic E-state index is -0.772. The van der Waals surface area contributed by atoms with Crippen LogP contribution in [0.1, 0.15) is 51.2 Å². The Morgan fingerprint density at radius 2 is 1.50 bits per heavy atom. The van der Waals surface area contributed by atoms with Crippen molar-refractivity contribution >= 4 is 11.9 Å². The molecule has 0 amide bonds. The van der Waals surface area contributed by atoms with Gasteiger partial charge < -0.3 is 10.2 Å². The summed E-state index contributed by atoms with van der Waals surface area (Å²) in [6.07, 6.45) is 1.27. The van der Waals surface area contributed by atoms with E-state index in [9.17, 15) is 9.59 Å². The van der Waals surface area contributed by atoms with Gasteiger partial charge in [0.05, 0.1) is 5.92 Å². The Morgan fingerprint density at radius 1 is 1.05 bits per heavy atom. The highest BCUT2D eigenvalue weighted by Crippen LogP contribution is 2.17. The maximum absolute atomic E-state index is 10.8. The molecule has 0 bridgehead atoms. The molecule has 0 heterocycles. The maximum atomic E-state index is 10.8. The van der Waals surface area contributed by atoms with E-state index in [1.165, 1.54) is 5.56 Å². The highest BCUT2D eigenvalue weighted by molar-refractivity contribution is 5.75. The van der Waals surface area contributed by atoms with Gasteiger partial charge >= 0.3 is 11.9 Å². The van der Waals surface area contributed by atoms with Crippen molar-refractivity contribution in [3.8, 4) is 0 Å². The number of carboxylic acid groups (broad SMARTS) is 2. The van der Waals surface area contributed by atoms with Crippen LogP contribution in [0, 0.1) is 5.92 Å². The Balaban J connectivity index is 0.000000621. The first-order chi connectivity index (χ1) is 9.27. The molecule has 1 rings (SSSR count). The summed E-state index contributed by atoms with van der Waals surface area (Å²) in [6.45, 7) is 7.66. The SMILES string of the molecule is CC(C)Cc1ccc(C(C)C(=O)O)cc1.CCC(=O)O. The number of hydrogen-bond acceptors (Lipinski definition) is 2. The van der Waals surface area contributed by atoms with Crippen molar-refractivity contribution in [3.05, 3.63) is 35.4 Å². The van der Waals surface area contributed by atoms with Gasteiger partial charge in [-0.25, -0.2) is 0 Å². The lowest BCUT2D eigenvalue weighted by Crippen LogP contribution is -2.07. The van der Waals surface area contributed by atoms with Crippen molar-refractivity contribution in [1.82, 2.24) is 0 Å². The Hall–Kier alpha value is -1.84. The van der Waals surface area contributed by atoms with Crippen molar-refractivity contribution < 1.29 is 19.8 Å². The van der Waals surface area contributed by atoms with Crippen LogP contribution in [0.15, 0.2) is 24.3 Å². The summed E-state index contributed by atoms with van der Waals surface area (Å²) in [5.41, 5.74) is 2.14. The second-order valence-corrected chi connectivity index (χ2v) is 5.15. The van der Waals surface area contributed by atoms with Crippen molar-refractivity contribution in [2.45, 2.75) is 46.5 Å².